The Morgan fingerprint density at radius 3 is 2.65 bits per heavy atom. The summed E-state index contributed by atoms with van der Waals surface area (Å²) in [5.74, 6) is 0.642. The predicted molar refractivity (Wildman–Crippen MR) is 92.1 cm³/mol. The summed E-state index contributed by atoms with van der Waals surface area (Å²) in [7, 11) is 0. The average Bonchev–Trinajstić information content (AvgIpc) is 2.74. The number of rotatable bonds is 6. The third-order valence-electron chi connectivity index (χ3n) is 7.39. The second-order valence-electron chi connectivity index (χ2n) is 8.63. The fraction of sp³-hybridized carbons (Fsp3) is 0.800. The molecular formula is C20H32O3. The summed E-state index contributed by atoms with van der Waals surface area (Å²) in [6, 6.07) is 0. The molecule has 0 aliphatic heterocycles. The van der Waals surface area contributed by atoms with Crippen LogP contribution >= 0.6 is 0 Å². The quantitative estimate of drug-likeness (QED) is 0.711. The smallest absolute Gasteiger partial charge is 0.303 e. The molecule has 0 spiro atoms. The van der Waals surface area contributed by atoms with Gasteiger partial charge in [0.2, 0.25) is 0 Å². The number of hydrogen-bond acceptors (Lipinski definition) is 2. The van der Waals surface area contributed by atoms with Crippen molar-refractivity contribution in [3.63, 3.8) is 0 Å². The van der Waals surface area contributed by atoms with Crippen LogP contribution in [0.3, 0.4) is 0 Å². The Kier molecular flexibility index (Phi) is 5.08. The maximum Gasteiger partial charge on any atom is 0.303 e. The molecule has 0 saturated heterocycles. The molecule has 0 radical (unpaired) electrons. The van der Waals surface area contributed by atoms with E-state index < -0.39 is 5.97 Å². The van der Waals surface area contributed by atoms with E-state index in [-0.39, 0.29) is 23.2 Å². The number of carboxylic acids is 1. The second-order valence-corrected chi connectivity index (χ2v) is 8.63. The van der Waals surface area contributed by atoms with E-state index in [9.17, 15) is 9.59 Å². The van der Waals surface area contributed by atoms with Gasteiger partial charge >= 0.3 is 5.97 Å². The van der Waals surface area contributed by atoms with Crippen LogP contribution in [0.25, 0.3) is 0 Å². The Labute approximate surface area is 140 Å². The van der Waals surface area contributed by atoms with Crippen LogP contribution in [-0.2, 0) is 9.59 Å². The molecule has 2 rings (SSSR count). The number of fused-ring (bicyclic) bond motifs is 1. The molecule has 0 aromatic heterocycles. The summed E-state index contributed by atoms with van der Waals surface area (Å²) in [4.78, 5) is 22.4. The van der Waals surface area contributed by atoms with Crippen LogP contribution in [0.5, 0.6) is 0 Å². The van der Waals surface area contributed by atoms with Gasteiger partial charge in [-0.3, -0.25) is 9.59 Å². The van der Waals surface area contributed by atoms with Crippen molar-refractivity contribution in [2.45, 2.75) is 73.1 Å². The maximum atomic E-state index is 11.5. The topological polar surface area (TPSA) is 54.4 Å². The Balaban J connectivity index is 2.19. The van der Waals surface area contributed by atoms with Crippen molar-refractivity contribution >= 4 is 12.3 Å². The molecule has 5 atom stereocenters. The molecule has 3 nitrogen and oxygen atoms in total. The van der Waals surface area contributed by atoms with Gasteiger partial charge in [0.15, 0.2) is 0 Å². The molecule has 2 aliphatic rings. The normalized spacial score (nSPS) is 38.3. The van der Waals surface area contributed by atoms with Gasteiger partial charge in [0.05, 0.1) is 0 Å². The van der Waals surface area contributed by atoms with E-state index in [1.807, 2.05) is 6.92 Å². The van der Waals surface area contributed by atoms with Crippen LogP contribution in [0.2, 0.25) is 0 Å². The van der Waals surface area contributed by atoms with Crippen molar-refractivity contribution in [2.75, 3.05) is 0 Å². The van der Waals surface area contributed by atoms with Crippen LogP contribution in [0, 0.1) is 28.6 Å². The number of hydrogen-bond donors (Lipinski definition) is 1. The van der Waals surface area contributed by atoms with Crippen LogP contribution in [-0.4, -0.2) is 17.4 Å². The summed E-state index contributed by atoms with van der Waals surface area (Å²) in [5.41, 5.74) is 2.64. The first-order valence-electron chi connectivity index (χ1n) is 9.02. The van der Waals surface area contributed by atoms with E-state index in [1.165, 1.54) is 18.4 Å². The summed E-state index contributed by atoms with van der Waals surface area (Å²) < 4.78 is 0. The monoisotopic (exact) mass is 320 g/mol. The van der Waals surface area contributed by atoms with Crippen molar-refractivity contribution < 1.29 is 14.7 Å². The van der Waals surface area contributed by atoms with Gasteiger partial charge in [-0.05, 0) is 73.2 Å². The van der Waals surface area contributed by atoms with Gasteiger partial charge in [0.1, 0.15) is 6.29 Å². The first-order chi connectivity index (χ1) is 10.6. The van der Waals surface area contributed by atoms with E-state index in [0.29, 0.717) is 11.8 Å². The van der Waals surface area contributed by atoms with Crippen LogP contribution in [0.1, 0.15) is 73.1 Å². The van der Waals surface area contributed by atoms with Gasteiger partial charge in [-0.2, -0.15) is 0 Å². The molecule has 130 valence electrons. The number of allylic oxidation sites excluding steroid dienone is 2. The Hall–Kier alpha value is -1.12. The van der Waals surface area contributed by atoms with Crippen LogP contribution < -0.4 is 0 Å². The molecular weight excluding hydrogens is 288 g/mol. The lowest BCUT2D eigenvalue weighted by Gasteiger charge is -2.54. The number of carboxylic acid groups (broad SMARTS) is 1. The van der Waals surface area contributed by atoms with Crippen LogP contribution in [0.4, 0.5) is 0 Å². The van der Waals surface area contributed by atoms with Gasteiger partial charge in [-0.25, -0.2) is 0 Å². The van der Waals surface area contributed by atoms with Crippen molar-refractivity contribution in [1.29, 1.82) is 0 Å². The highest BCUT2D eigenvalue weighted by molar-refractivity contribution is 5.76. The molecule has 0 aromatic rings. The van der Waals surface area contributed by atoms with E-state index in [4.69, 9.17) is 5.11 Å². The third-order valence-corrected chi connectivity index (χ3v) is 7.39. The van der Waals surface area contributed by atoms with E-state index in [2.05, 4.69) is 27.7 Å². The third kappa shape index (κ3) is 3.12. The highest BCUT2D eigenvalue weighted by Gasteiger charge is 2.55. The molecule has 1 saturated carbocycles. The molecule has 0 bridgehead atoms. The SMILES string of the molecule is CC1=C(C=O)C[C@@H]2[C@@](C)(CC[C@@H](C)CC(=O)O)[C@H](C)CC[C@@]12C. The first kappa shape index (κ1) is 18.2. The lowest BCUT2D eigenvalue weighted by molar-refractivity contribution is -0.138. The zero-order chi connectivity index (χ0) is 17.4. The molecule has 1 N–H and O–H groups in total. The fourth-order valence-corrected chi connectivity index (χ4v) is 5.25. The van der Waals surface area contributed by atoms with Gasteiger partial charge in [-0.1, -0.05) is 33.3 Å². The minimum Gasteiger partial charge on any atom is -0.481 e. The highest BCUT2D eigenvalue weighted by atomic mass is 16.4. The number of carbonyl (C=O) groups excluding carboxylic acids is 1. The van der Waals surface area contributed by atoms with Crippen molar-refractivity contribution in [3.8, 4) is 0 Å². The fourth-order valence-electron chi connectivity index (χ4n) is 5.25. The minimum atomic E-state index is -0.703. The molecule has 1 fully saturated rings. The van der Waals surface area contributed by atoms with E-state index >= 15 is 0 Å². The van der Waals surface area contributed by atoms with Gasteiger partial charge in [0, 0.05) is 6.42 Å². The van der Waals surface area contributed by atoms with Gasteiger partial charge in [0.25, 0.3) is 0 Å². The zero-order valence-corrected chi connectivity index (χ0v) is 15.3. The maximum absolute atomic E-state index is 11.5. The number of carbonyl (C=O) groups is 2. The summed E-state index contributed by atoms with van der Waals surface area (Å²) in [5, 5.41) is 8.98. The molecule has 23 heavy (non-hydrogen) atoms. The molecule has 0 amide bonds. The Morgan fingerprint density at radius 1 is 1.43 bits per heavy atom. The van der Waals surface area contributed by atoms with Gasteiger partial charge < -0.3 is 5.11 Å². The second kappa shape index (κ2) is 6.41. The van der Waals surface area contributed by atoms with Crippen LogP contribution in [0.15, 0.2) is 11.1 Å². The molecule has 0 aromatic carbocycles. The van der Waals surface area contributed by atoms with Crippen molar-refractivity contribution in [2.24, 2.45) is 28.6 Å². The van der Waals surface area contributed by atoms with Crippen molar-refractivity contribution in [1.82, 2.24) is 0 Å². The summed E-state index contributed by atoms with van der Waals surface area (Å²) >= 11 is 0. The summed E-state index contributed by atoms with van der Waals surface area (Å²) in [6.07, 6.45) is 6.60. The molecule has 0 unspecified atom stereocenters. The lowest BCUT2D eigenvalue weighted by atomic mass is 9.50. The summed E-state index contributed by atoms with van der Waals surface area (Å²) in [6.45, 7) is 11.3. The molecule has 0 heterocycles. The zero-order valence-electron chi connectivity index (χ0n) is 15.3. The van der Waals surface area contributed by atoms with E-state index in [0.717, 1.165) is 31.1 Å². The van der Waals surface area contributed by atoms with Crippen molar-refractivity contribution in [3.05, 3.63) is 11.1 Å². The van der Waals surface area contributed by atoms with E-state index in [1.54, 1.807) is 0 Å². The standard InChI is InChI=1S/C20H32O3/c1-13(10-18(22)23)6-8-19(4)14(2)7-9-20(5)15(3)16(12-21)11-17(19)20/h12-14,17H,6-11H2,1-5H3,(H,22,23)/t13-,14-,17-,19+,20+/m1/s1. The predicted octanol–water partition coefficient (Wildman–Crippen LogP) is 4.86. The minimum absolute atomic E-state index is 0.146. The lowest BCUT2D eigenvalue weighted by Crippen LogP contribution is -2.46. The number of aldehydes is 1. The largest absolute Gasteiger partial charge is 0.481 e. The average molecular weight is 320 g/mol. The molecule has 3 heteroatoms. The Bertz CT molecular complexity index is 521. The number of aliphatic carboxylic acids is 1. The Morgan fingerprint density at radius 2 is 2.09 bits per heavy atom. The highest BCUT2D eigenvalue weighted by Crippen LogP contribution is 2.64. The van der Waals surface area contributed by atoms with Gasteiger partial charge in [-0.15, -0.1) is 0 Å². The first-order valence-corrected chi connectivity index (χ1v) is 9.02. The molecule has 2 aliphatic carbocycles.